The molecule has 1 aromatic heterocycles. The average Bonchev–Trinajstić information content (AvgIpc) is 2.65. The molecule has 0 radical (unpaired) electrons. The first-order valence-corrected chi connectivity index (χ1v) is 10.5. The first kappa shape index (κ1) is 20.4. The number of carbonyl (C=O) groups excluding carboxylic acids is 1. The highest BCUT2D eigenvalue weighted by atomic mass is 32.2. The van der Waals surface area contributed by atoms with E-state index < -0.39 is 10.0 Å². The van der Waals surface area contributed by atoms with Gasteiger partial charge in [0.15, 0.2) is 0 Å². The van der Waals surface area contributed by atoms with Crippen LogP contribution in [0, 0.1) is 0 Å². The second kappa shape index (κ2) is 9.16. The SMILES string of the molecule is CC[C@H](Sc1ccc(S(=O)(=O)N(C)C)cn1)C(=O)NCc1ccccc1. The van der Waals surface area contributed by atoms with Crippen molar-refractivity contribution in [1.29, 1.82) is 0 Å². The molecule has 0 aliphatic heterocycles. The van der Waals surface area contributed by atoms with E-state index in [2.05, 4.69) is 10.3 Å². The summed E-state index contributed by atoms with van der Waals surface area (Å²) in [6.07, 6.45) is 1.97. The van der Waals surface area contributed by atoms with Crippen molar-refractivity contribution in [2.45, 2.75) is 35.1 Å². The molecular formula is C18H23N3O3S2. The van der Waals surface area contributed by atoms with Crippen LogP contribution < -0.4 is 5.32 Å². The van der Waals surface area contributed by atoms with Crippen molar-refractivity contribution in [2.75, 3.05) is 14.1 Å². The summed E-state index contributed by atoms with van der Waals surface area (Å²) in [7, 11) is -0.552. The molecule has 1 aromatic carbocycles. The molecule has 0 saturated heterocycles. The highest BCUT2D eigenvalue weighted by Gasteiger charge is 2.20. The van der Waals surface area contributed by atoms with Crippen LogP contribution in [0.3, 0.4) is 0 Å². The van der Waals surface area contributed by atoms with Crippen LogP contribution >= 0.6 is 11.8 Å². The normalized spacial score (nSPS) is 12.8. The van der Waals surface area contributed by atoms with Crippen molar-refractivity contribution in [2.24, 2.45) is 0 Å². The number of hydrogen-bond acceptors (Lipinski definition) is 5. The molecule has 6 nitrogen and oxygen atoms in total. The fourth-order valence-electron chi connectivity index (χ4n) is 2.17. The van der Waals surface area contributed by atoms with Crippen LogP contribution in [0.15, 0.2) is 58.6 Å². The second-order valence-corrected chi connectivity index (χ2v) is 9.21. The van der Waals surface area contributed by atoms with Gasteiger partial charge in [0, 0.05) is 26.8 Å². The van der Waals surface area contributed by atoms with Gasteiger partial charge in [0.05, 0.1) is 10.3 Å². The Bertz CT molecular complexity index is 823. The van der Waals surface area contributed by atoms with Gasteiger partial charge >= 0.3 is 0 Å². The first-order valence-electron chi connectivity index (χ1n) is 8.21. The predicted octanol–water partition coefficient (Wildman–Crippen LogP) is 2.52. The van der Waals surface area contributed by atoms with Crippen LogP contribution in [0.5, 0.6) is 0 Å². The highest BCUT2D eigenvalue weighted by Crippen LogP contribution is 2.25. The van der Waals surface area contributed by atoms with Crippen molar-refractivity contribution in [3.63, 3.8) is 0 Å². The Kier molecular flexibility index (Phi) is 7.19. The third-order valence-corrected chi connectivity index (χ3v) is 6.84. The second-order valence-electron chi connectivity index (χ2n) is 5.84. The van der Waals surface area contributed by atoms with Gasteiger partial charge < -0.3 is 5.32 Å². The molecule has 140 valence electrons. The van der Waals surface area contributed by atoms with E-state index in [1.165, 1.54) is 38.1 Å². The van der Waals surface area contributed by atoms with Crippen LogP contribution in [0.2, 0.25) is 0 Å². The van der Waals surface area contributed by atoms with Crippen LogP contribution in [0.25, 0.3) is 0 Å². The topological polar surface area (TPSA) is 79.4 Å². The van der Waals surface area contributed by atoms with Crippen LogP contribution in [-0.2, 0) is 21.4 Å². The number of benzene rings is 1. The molecule has 0 spiro atoms. The molecule has 0 fully saturated rings. The Morgan fingerprint density at radius 2 is 1.88 bits per heavy atom. The summed E-state index contributed by atoms with van der Waals surface area (Å²) in [6.45, 7) is 2.41. The lowest BCUT2D eigenvalue weighted by atomic mass is 10.2. The Hall–Kier alpha value is -1.90. The quantitative estimate of drug-likeness (QED) is 0.697. The zero-order valence-electron chi connectivity index (χ0n) is 15.0. The number of carbonyl (C=O) groups is 1. The van der Waals surface area contributed by atoms with Gasteiger partial charge in [-0.2, -0.15) is 0 Å². The predicted molar refractivity (Wildman–Crippen MR) is 103 cm³/mol. The Labute approximate surface area is 159 Å². The smallest absolute Gasteiger partial charge is 0.244 e. The Morgan fingerprint density at radius 1 is 1.19 bits per heavy atom. The van der Waals surface area contributed by atoms with E-state index in [-0.39, 0.29) is 16.1 Å². The highest BCUT2D eigenvalue weighted by molar-refractivity contribution is 8.00. The van der Waals surface area contributed by atoms with E-state index in [1.807, 2.05) is 37.3 Å². The minimum atomic E-state index is -3.50. The van der Waals surface area contributed by atoms with E-state index >= 15 is 0 Å². The zero-order chi connectivity index (χ0) is 19.2. The van der Waals surface area contributed by atoms with Gasteiger partial charge in [0.1, 0.15) is 4.90 Å². The van der Waals surface area contributed by atoms with Crippen LogP contribution in [-0.4, -0.2) is 43.0 Å². The summed E-state index contributed by atoms with van der Waals surface area (Å²) in [6, 6.07) is 12.9. The van der Waals surface area contributed by atoms with Crippen molar-refractivity contribution < 1.29 is 13.2 Å². The van der Waals surface area contributed by atoms with Gasteiger partial charge in [0.25, 0.3) is 0 Å². The first-order chi connectivity index (χ1) is 12.3. The summed E-state index contributed by atoms with van der Waals surface area (Å²) in [5.41, 5.74) is 1.04. The van der Waals surface area contributed by atoms with E-state index in [1.54, 1.807) is 6.07 Å². The summed E-state index contributed by atoms with van der Waals surface area (Å²) in [5.74, 6) is -0.0619. The number of pyridine rings is 1. The maximum absolute atomic E-state index is 12.4. The lowest BCUT2D eigenvalue weighted by molar-refractivity contribution is -0.120. The van der Waals surface area contributed by atoms with E-state index in [0.717, 1.165) is 9.87 Å². The fraction of sp³-hybridized carbons (Fsp3) is 0.333. The van der Waals surface area contributed by atoms with Crippen LogP contribution in [0.4, 0.5) is 0 Å². The number of nitrogens with one attached hydrogen (secondary N) is 1. The standard InChI is InChI=1S/C18H23N3O3S2/c1-4-16(18(22)20-12-14-8-6-5-7-9-14)25-17-11-10-15(13-19-17)26(23,24)21(2)3/h5-11,13,16H,4,12H2,1-3H3,(H,20,22)/t16-/m0/s1. The van der Waals surface area contributed by atoms with Crippen molar-refractivity contribution in [3.8, 4) is 0 Å². The van der Waals surface area contributed by atoms with E-state index in [0.29, 0.717) is 18.0 Å². The van der Waals surface area contributed by atoms with Crippen molar-refractivity contribution in [1.82, 2.24) is 14.6 Å². The van der Waals surface area contributed by atoms with Crippen molar-refractivity contribution >= 4 is 27.7 Å². The Morgan fingerprint density at radius 3 is 2.42 bits per heavy atom. The monoisotopic (exact) mass is 393 g/mol. The summed E-state index contributed by atoms with van der Waals surface area (Å²) < 4.78 is 25.3. The molecule has 26 heavy (non-hydrogen) atoms. The number of amides is 1. The van der Waals surface area contributed by atoms with Crippen molar-refractivity contribution in [3.05, 3.63) is 54.2 Å². The number of nitrogens with zero attached hydrogens (tertiary/aromatic N) is 2. The van der Waals surface area contributed by atoms with Gasteiger partial charge in [-0.05, 0) is 24.1 Å². The minimum absolute atomic E-state index is 0.0619. The molecular weight excluding hydrogens is 370 g/mol. The summed E-state index contributed by atoms with van der Waals surface area (Å²) in [5, 5.41) is 3.26. The molecule has 0 unspecified atom stereocenters. The third kappa shape index (κ3) is 5.30. The molecule has 0 aliphatic rings. The Balaban J connectivity index is 1.99. The molecule has 1 N–H and O–H groups in total. The van der Waals surface area contributed by atoms with Gasteiger partial charge in [-0.1, -0.05) is 49.0 Å². The molecule has 0 saturated carbocycles. The number of rotatable bonds is 8. The number of aromatic nitrogens is 1. The number of sulfonamides is 1. The average molecular weight is 394 g/mol. The van der Waals surface area contributed by atoms with Gasteiger partial charge in [0.2, 0.25) is 15.9 Å². The largest absolute Gasteiger partial charge is 0.351 e. The maximum atomic E-state index is 12.4. The molecule has 2 aromatic rings. The molecule has 0 bridgehead atoms. The van der Waals surface area contributed by atoms with Gasteiger partial charge in [-0.3, -0.25) is 4.79 Å². The molecule has 0 aliphatic carbocycles. The van der Waals surface area contributed by atoms with E-state index in [4.69, 9.17) is 0 Å². The van der Waals surface area contributed by atoms with Gasteiger partial charge in [-0.15, -0.1) is 0 Å². The van der Waals surface area contributed by atoms with E-state index in [9.17, 15) is 13.2 Å². The molecule has 1 amide bonds. The molecule has 8 heteroatoms. The van der Waals surface area contributed by atoms with Crippen LogP contribution in [0.1, 0.15) is 18.9 Å². The number of thioether (sulfide) groups is 1. The third-order valence-electron chi connectivity index (χ3n) is 3.72. The molecule has 2 rings (SSSR count). The molecule has 1 heterocycles. The number of hydrogen-bond donors (Lipinski definition) is 1. The summed E-state index contributed by atoms with van der Waals surface area (Å²) >= 11 is 1.33. The molecule has 1 atom stereocenters. The van der Waals surface area contributed by atoms with Gasteiger partial charge in [-0.25, -0.2) is 17.7 Å². The zero-order valence-corrected chi connectivity index (χ0v) is 16.7. The fourth-order valence-corrected chi connectivity index (χ4v) is 3.92. The summed E-state index contributed by atoms with van der Waals surface area (Å²) in [4.78, 5) is 16.7. The lowest BCUT2D eigenvalue weighted by Crippen LogP contribution is -2.31. The maximum Gasteiger partial charge on any atom is 0.244 e. The minimum Gasteiger partial charge on any atom is -0.351 e. The lowest BCUT2D eigenvalue weighted by Gasteiger charge is -2.15.